The molecule has 5 atom stereocenters. The van der Waals surface area contributed by atoms with Gasteiger partial charge in [-0.1, -0.05) is 41.9 Å². The van der Waals surface area contributed by atoms with E-state index in [1.54, 1.807) is 0 Å². The standard InChI is InChI=1S/C20H17ClN2O2/c21-11-6-7-14-12(8-11)16-13-9-15(23-20(13)25)17(16)18(22-14)19(24)10-4-2-1-3-5-10/h1-8,13,15-18,22H,9H2,(H,23,25). The van der Waals surface area contributed by atoms with Gasteiger partial charge in [0.2, 0.25) is 5.91 Å². The lowest BCUT2D eigenvalue weighted by atomic mass is 9.72. The third-order valence-corrected chi connectivity index (χ3v) is 6.13. The van der Waals surface area contributed by atoms with E-state index < -0.39 is 0 Å². The van der Waals surface area contributed by atoms with Gasteiger partial charge in [-0.15, -0.1) is 0 Å². The fraction of sp³-hybridized carbons (Fsp3) is 0.300. The van der Waals surface area contributed by atoms with Crippen LogP contribution in [-0.4, -0.2) is 23.8 Å². The highest BCUT2D eigenvalue weighted by atomic mass is 35.5. The zero-order valence-corrected chi connectivity index (χ0v) is 14.2. The Morgan fingerprint density at radius 2 is 1.88 bits per heavy atom. The molecule has 4 nitrogen and oxygen atoms in total. The lowest BCUT2D eigenvalue weighted by Gasteiger charge is -2.42. The topological polar surface area (TPSA) is 58.2 Å². The van der Waals surface area contributed by atoms with Crippen LogP contribution in [0.25, 0.3) is 0 Å². The Hall–Kier alpha value is -2.33. The molecule has 2 aromatic carbocycles. The molecule has 2 bridgehead atoms. The summed E-state index contributed by atoms with van der Waals surface area (Å²) in [7, 11) is 0. The second-order valence-electron chi connectivity index (χ2n) is 7.14. The maximum atomic E-state index is 13.2. The Bertz CT molecular complexity index is 883. The summed E-state index contributed by atoms with van der Waals surface area (Å²) in [6, 6.07) is 14.8. The molecule has 1 aliphatic carbocycles. The lowest BCUT2D eigenvalue weighted by Crippen LogP contribution is -2.53. The molecule has 2 aliphatic heterocycles. The average Bonchev–Trinajstić information content (AvgIpc) is 3.19. The van der Waals surface area contributed by atoms with Crippen molar-refractivity contribution in [2.45, 2.75) is 24.4 Å². The van der Waals surface area contributed by atoms with Crippen LogP contribution in [0.2, 0.25) is 5.02 Å². The first-order valence-corrected chi connectivity index (χ1v) is 8.97. The second kappa shape index (κ2) is 5.33. The van der Waals surface area contributed by atoms with Gasteiger partial charge in [-0.3, -0.25) is 9.59 Å². The summed E-state index contributed by atoms with van der Waals surface area (Å²) in [5, 5.41) is 7.17. The summed E-state index contributed by atoms with van der Waals surface area (Å²) in [4.78, 5) is 25.5. The summed E-state index contributed by atoms with van der Waals surface area (Å²) in [5.41, 5.74) is 2.68. The van der Waals surface area contributed by atoms with E-state index in [2.05, 4.69) is 10.6 Å². The number of carbonyl (C=O) groups excluding carboxylic acids is 2. The molecule has 2 N–H and O–H groups in total. The normalized spacial score (nSPS) is 31.7. The highest BCUT2D eigenvalue weighted by molar-refractivity contribution is 6.30. The molecule has 2 heterocycles. The molecular weight excluding hydrogens is 336 g/mol. The van der Waals surface area contributed by atoms with E-state index in [-0.39, 0.29) is 41.5 Å². The number of benzene rings is 2. The summed E-state index contributed by atoms with van der Waals surface area (Å²) < 4.78 is 0. The van der Waals surface area contributed by atoms with Crippen molar-refractivity contribution >= 4 is 29.0 Å². The van der Waals surface area contributed by atoms with Crippen LogP contribution in [0.4, 0.5) is 5.69 Å². The lowest BCUT2D eigenvalue weighted by molar-refractivity contribution is -0.125. The van der Waals surface area contributed by atoms with Crippen molar-refractivity contribution < 1.29 is 9.59 Å². The van der Waals surface area contributed by atoms with Crippen LogP contribution in [0.1, 0.15) is 28.3 Å². The maximum Gasteiger partial charge on any atom is 0.224 e. The monoisotopic (exact) mass is 352 g/mol. The number of amides is 1. The Balaban J connectivity index is 1.61. The van der Waals surface area contributed by atoms with Crippen molar-refractivity contribution in [3.8, 4) is 0 Å². The minimum Gasteiger partial charge on any atom is -0.374 e. The fourth-order valence-corrected chi connectivity index (χ4v) is 5.08. The zero-order chi connectivity index (χ0) is 17.1. The molecule has 1 saturated heterocycles. The molecule has 0 radical (unpaired) electrons. The number of rotatable bonds is 2. The van der Waals surface area contributed by atoms with Crippen molar-refractivity contribution in [2.75, 3.05) is 5.32 Å². The van der Waals surface area contributed by atoms with Crippen LogP contribution in [0.5, 0.6) is 0 Å². The minimum atomic E-state index is -0.336. The van der Waals surface area contributed by atoms with E-state index in [1.165, 1.54) is 0 Å². The van der Waals surface area contributed by atoms with Crippen LogP contribution in [0.15, 0.2) is 48.5 Å². The van der Waals surface area contributed by atoms with Crippen LogP contribution in [0, 0.1) is 11.8 Å². The predicted octanol–water partition coefficient (Wildman–Crippen LogP) is 3.24. The molecule has 3 aliphatic rings. The summed E-state index contributed by atoms with van der Waals surface area (Å²) in [5.74, 6) is 0.219. The Kier molecular flexibility index (Phi) is 3.19. The molecule has 2 aromatic rings. The number of ketones is 1. The fourth-order valence-electron chi connectivity index (χ4n) is 4.90. The number of hydrogen-bond donors (Lipinski definition) is 2. The van der Waals surface area contributed by atoms with Gasteiger partial charge < -0.3 is 10.6 Å². The van der Waals surface area contributed by atoms with E-state index in [1.807, 2.05) is 48.5 Å². The molecule has 5 rings (SSSR count). The molecule has 25 heavy (non-hydrogen) atoms. The van der Waals surface area contributed by atoms with Crippen molar-refractivity contribution in [2.24, 2.45) is 11.8 Å². The average molecular weight is 353 g/mol. The van der Waals surface area contributed by atoms with Crippen LogP contribution < -0.4 is 10.6 Å². The van der Waals surface area contributed by atoms with Gasteiger partial charge in [-0.2, -0.15) is 0 Å². The Labute approximate surface area is 150 Å². The number of nitrogens with one attached hydrogen (secondary N) is 2. The van der Waals surface area contributed by atoms with Crippen molar-refractivity contribution in [3.05, 3.63) is 64.7 Å². The van der Waals surface area contributed by atoms with Gasteiger partial charge in [-0.05, 0) is 30.2 Å². The van der Waals surface area contributed by atoms with Gasteiger partial charge in [-0.25, -0.2) is 0 Å². The van der Waals surface area contributed by atoms with Crippen LogP contribution >= 0.6 is 11.6 Å². The molecule has 1 saturated carbocycles. The predicted molar refractivity (Wildman–Crippen MR) is 95.9 cm³/mol. The van der Waals surface area contributed by atoms with Crippen molar-refractivity contribution in [1.29, 1.82) is 0 Å². The Morgan fingerprint density at radius 1 is 1.08 bits per heavy atom. The highest BCUT2D eigenvalue weighted by Gasteiger charge is 2.58. The molecule has 0 spiro atoms. The molecular formula is C20H17ClN2O2. The highest BCUT2D eigenvalue weighted by Crippen LogP contribution is 2.54. The molecule has 126 valence electrons. The molecule has 1 amide bonds. The summed E-state index contributed by atoms with van der Waals surface area (Å²) >= 11 is 6.21. The van der Waals surface area contributed by atoms with Crippen LogP contribution in [0.3, 0.4) is 0 Å². The van der Waals surface area contributed by atoms with Gasteiger partial charge in [0.05, 0.1) is 6.04 Å². The third-order valence-electron chi connectivity index (χ3n) is 5.89. The van der Waals surface area contributed by atoms with Crippen LogP contribution in [-0.2, 0) is 4.79 Å². The number of piperidine rings is 1. The first-order valence-electron chi connectivity index (χ1n) is 8.59. The second-order valence-corrected chi connectivity index (χ2v) is 7.58. The van der Waals surface area contributed by atoms with E-state index in [4.69, 9.17) is 11.6 Å². The van der Waals surface area contributed by atoms with Gasteiger partial charge in [0.25, 0.3) is 0 Å². The van der Waals surface area contributed by atoms with E-state index in [0.29, 0.717) is 10.6 Å². The largest absolute Gasteiger partial charge is 0.374 e. The van der Waals surface area contributed by atoms with Crippen molar-refractivity contribution in [3.63, 3.8) is 0 Å². The first kappa shape index (κ1) is 15.0. The number of carbonyl (C=O) groups is 2. The summed E-state index contributed by atoms with van der Waals surface area (Å²) in [6.07, 6.45) is 0.792. The van der Waals surface area contributed by atoms with E-state index in [0.717, 1.165) is 17.7 Å². The number of halogens is 1. The first-order chi connectivity index (χ1) is 12.1. The maximum absolute atomic E-state index is 13.2. The zero-order valence-electron chi connectivity index (χ0n) is 13.4. The Morgan fingerprint density at radius 3 is 2.68 bits per heavy atom. The van der Waals surface area contributed by atoms with Crippen molar-refractivity contribution in [1.82, 2.24) is 5.32 Å². The van der Waals surface area contributed by atoms with Gasteiger partial charge in [0.15, 0.2) is 5.78 Å². The number of anilines is 1. The summed E-state index contributed by atoms with van der Waals surface area (Å²) in [6.45, 7) is 0. The van der Waals surface area contributed by atoms with Gasteiger partial charge >= 0.3 is 0 Å². The number of fused-ring (bicyclic) bond motifs is 7. The number of hydrogen-bond acceptors (Lipinski definition) is 3. The molecule has 5 heteroatoms. The SMILES string of the molecule is O=C1NC2CC1C1c3cc(Cl)ccc3NC(C(=O)c3ccccc3)C21. The molecule has 2 fully saturated rings. The quantitative estimate of drug-likeness (QED) is 0.816. The number of Topliss-reactive ketones (excluding diaryl/α,β-unsaturated/α-hetero) is 1. The molecule has 5 unspecified atom stereocenters. The smallest absolute Gasteiger partial charge is 0.224 e. The third kappa shape index (κ3) is 2.13. The molecule has 0 aromatic heterocycles. The van der Waals surface area contributed by atoms with Gasteiger partial charge in [0, 0.05) is 40.1 Å². The van der Waals surface area contributed by atoms with E-state index >= 15 is 0 Å². The van der Waals surface area contributed by atoms with E-state index in [9.17, 15) is 9.59 Å². The minimum absolute atomic E-state index is 0.0415. The van der Waals surface area contributed by atoms with Gasteiger partial charge in [0.1, 0.15) is 0 Å².